The Labute approximate surface area is 222 Å². The smallest absolute Gasteiger partial charge is 0.269 e. The van der Waals surface area contributed by atoms with E-state index in [1.165, 1.54) is 24.3 Å². The molecule has 212 valence electrons. The number of hydrogen-bond donors (Lipinski definition) is 5. The highest BCUT2D eigenvalue weighted by atomic mass is 16.8. The summed E-state index contributed by atoms with van der Waals surface area (Å²) in [5.74, 6) is 0.110. The predicted octanol–water partition coefficient (Wildman–Crippen LogP) is -0.641. The van der Waals surface area contributed by atoms with Gasteiger partial charge in [-0.1, -0.05) is 30.3 Å². The fourth-order valence-corrected chi connectivity index (χ4v) is 4.72. The minimum absolute atomic E-state index is 0.00872. The maximum absolute atomic E-state index is 10.8. The summed E-state index contributed by atoms with van der Waals surface area (Å²) >= 11 is 0. The number of nitrogens with zero attached hydrogens (tertiary/aromatic N) is 1. The highest BCUT2D eigenvalue weighted by Gasteiger charge is 2.53. The van der Waals surface area contributed by atoms with Crippen LogP contribution in [-0.4, -0.2) is 105 Å². The maximum atomic E-state index is 10.8. The van der Waals surface area contributed by atoms with Crippen molar-refractivity contribution in [3.8, 4) is 5.75 Å². The first kappa shape index (κ1) is 27.8. The molecule has 2 aromatic rings. The van der Waals surface area contributed by atoms with Gasteiger partial charge in [0.15, 0.2) is 12.6 Å². The van der Waals surface area contributed by atoms with Crippen LogP contribution in [0.25, 0.3) is 0 Å². The Bertz CT molecular complexity index is 1100. The van der Waals surface area contributed by atoms with Crippen molar-refractivity contribution < 1.29 is 58.9 Å². The van der Waals surface area contributed by atoms with Gasteiger partial charge in [-0.05, 0) is 12.1 Å². The van der Waals surface area contributed by atoms with E-state index in [0.29, 0.717) is 0 Å². The van der Waals surface area contributed by atoms with E-state index in [1.54, 1.807) is 12.1 Å². The summed E-state index contributed by atoms with van der Waals surface area (Å²) in [5.41, 5.74) is 0.553. The Kier molecular flexibility index (Phi) is 8.39. The largest absolute Gasteiger partial charge is 0.462 e. The van der Waals surface area contributed by atoms with Gasteiger partial charge in [0.2, 0.25) is 6.29 Å². The van der Waals surface area contributed by atoms with E-state index in [4.69, 9.17) is 28.4 Å². The highest BCUT2D eigenvalue weighted by Crippen LogP contribution is 2.36. The standard InChI is InChI=1S/C25H29NO13/c27-10-15-21(17(28)19(30)24(36-15)35-14-8-6-13(7-9-14)26(32)33)39-25-20(31)18(29)22-16(37-25)11-34-23(38-22)12-4-2-1-3-5-12/h1-9,15-25,27-31H,10-11H2/t15?,16?,17-,18-,19?,20?,21-,22-,23?,24-,25+/m1/s1. The number of aliphatic hydroxyl groups is 5. The second kappa shape index (κ2) is 11.8. The van der Waals surface area contributed by atoms with Crippen LogP contribution in [0.5, 0.6) is 5.75 Å². The summed E-state index contributed by atoms with van der Waals surface area (Å²) in [6.07, 6.45) is -14.5. The molecule has 0 amide bonds. The van der Waals surface area contributed by atoms with E-state index < -0.39 is 79.2 Å². The second-order valence-electron chi connectivity index (χ2n) is 9.38. The average molecular weight is 552 g/mol. The van der Waals surface area contributed by atoms with Crippen LogP contribution in [-0.2, 0) is 23.7 Å². The van der Waals surface area contributed by atoms with Crippen molar-refractivity contribution >= 4 is 5.69 Å². The monoisotopic (exact) mass is 551 g/mol. The number of benzene rings is 2. The molecule has 3 aliphatic heterocycles. The first-order chi connectivity index (χ1) is 18.8. The zero-order chi connectivity index (χ0) is 27.7. The van der Waals surface area contributed by atoms with Gasteiger partial charge >= 0.3 is 0 Å². The van der Waals surface area contributed by atoms with Gasteiger partial charge in [0.05, 0.1) is 18.1 Å². The molecule has 5 N–H and O–H groups in total. The van der Waals surface area contributed by atoms with Crippen LogP contribution in [0.3, 0.4) is 0 Å². The summed E-state index contributed by atoms with van der Waals surface area (Å²) in [6, 6.07) is 14.0. The number of aliphatic hydroxyl groups excluding tert-OH is 5. The van der Waals surface area contributed by atoms with Crippen molar-refractivity contribution in [3.63, 3.8) is 0 Å². The van der Waals surface area contributed by atoms with E-state index >= 15 is 0 Å². The third-order valence-corrected chi connectivity index (χ3v) is 6.82. The van der Waals surface area contributed by atoms with Crippen LogP contribution >= 0.6 is 0 Å². The molecule has 0 saturated carbocycles. The van der Waals surface area contributed by atoms with Crippen LogP contribution in [0, 0.1) is 10.1 Å². The summed E-state index contributed by atoms with van der Waals surface area (Å²) < 4.78 is 34.2. The van der Waals surface area contributed by atoms with Gasteiger partial charge in [0.1, 0.15) is 54.6 Å². The number of ether oxygens (including phenoxy) is 6. The van der Waals surface area contributed by atoms with Gasteiger partial charge in [0, 0.05) is 17.7 Å². The third kappa shape index (κ3) is 5.76. The minimum atomic E-state index is -1.68. The number of fused-ring (bicyclic) bond motifs is 1. The Morgan fingerprint density at radius 1 is 0.872 bits per heavy atom. The molecular weight excluding hydrogens is 522 g/mol. The summed E-state index contributed by atoms with van der Waals surface area (Å²) in [7, 11) is 0. The molecule has 0 bridgehead atoms. The third-order valence-electron chi connectivity index (χ3n) is 6.82. The molecule has 0 radical (unpaired) electrons. The topological polar surface area (TPSA) is 200 Å². The van der Waals surface area contributed by atoms with E-state index in [-0.39, 0.29) is 18.0 Å². The predicted molar refractivity (Wildman–Crippen MR) is 127 cm³/mol. The first-order valence-corrected chi connectivity index (χ1v) is 12.3. The van der Waals surface area contributed by atoms with E-state index in [0.717, 1.165) is 5.56 Å². The zero-order valence-electron chi connectivity index (χ0n) is 20.4. The van der Waals surface area contributed by atoms with Gasteiger partial charge < -0.3 is 54.0 Å². The molecule has 14 heteroatoms. The normalized spacial score (nSPS) is 38.5. The summed E-state index contributed by atoms with van der Waals surface area (Å²) in [4.78, 5) is 10.3. The van der Waals surface area contributed by atoms with Crippen molar-refractivity contribution in [2.75, 3.05) is 13.2 Å². The number of hydrogen-bond acceptors (Lipinski definition) is 13. The van der Waals surface area contributed by atoms with Crippen molar-refractivity contribution in [1.82, 2.24) is 0 Å². The van der Waals surface area contributed by atoms with E-state index in [1.807, 2.05) is 18.2 Å². The molecule has 5 rings (SSSR count). The van der Waals surface area contributed by atoms with Crippen molar-refractivity contribution in [2.24, 2.45) is 0 Å². The molecule has 3 fully saturated rings. The highest BCUT2D eigenvalue weighted by molar-refractivity contribution is 5.36. The fourth-order valence-electron chi connectivity index (χ4n) is 4.72. The number of rotatable bonds is 7. The molecule has 3 aliphatic rings. The van der Waals surface area contributed by atoms with Crippen LogP contribution in [0.4, 0.5) is 5.69 Å². The van der Waals surface area contributed by atoms with Gasteiger partial charge in [0.25, 0.3) is 5.69 Å². The van der Waals surface area contributed by atoms with Crippen molar-refractivity contribution in [3.05, 3.63) is 70.3 Å². The Balaban J connectivity index is 1.23. The molecule has 0 aliphatic carbocycles. The molecule has 5 unspecified atom stereocenters. The lowest BCUT2D eigenvalue weighted by Crippen LogP contribution is -2.66. The second-order valence-corrected chi connectivity index (χ2v) is 9.38. The lowest BCUT2D eigenvalue weighted by Gasteiger charge is -2.48. The first-order valence-electron chi connectivity index (χ1n) is 12.3. The van der Waals surface area contributed by atoms with Crippen LogP contribution in [0.15, 0.2) is 54.6 Å². The lowest BCUT2D eigenvalue weighted by atomic mass is 9.96. The number of nitro benzene ring substituents is 1. The SMILES string of the molecule is O=[N+]([O-])c1ccc(O[C@@H]2OC(CO)[C@@H](O[C@@H]3OC4COC(c5ccccc5)O[C@H]4[C@H](O)C3O)[C@H](O)C2O)cc1. The van der Waals surface area contributed by atoms with E-state index in [2.05, 4.69) is 0 Å². The summed E-state index contributed by atoms with van der Waals surface area (Å²) in [5, 5.41) is 63.7. The van der Waals surface area contributed by atoms with Gasteiger partial charge in [-0.15, -0.1) is 0 Å². The minimum Gasteiger partial charge on any atom is -0.462 e. The molecule has 0 spiro atoms. The lowest BCUT2D eigenvalue weighted by molar-refractivity contribution is -0.385. The molecular formula is C25H29NO13. The summed E-state index contributed by atoms with van der Waals surface area (Å²) in [6.45, 7) is -0.661. The van der Waals surface area contributed by atoms with Crippen LogP contribution < -0.4 is 4.74 Å². The molecule has 39 heavy (non-hydrogen) atoms. The Hall–Kier alpha value is -2.76. The van der Waals surface area contributed by atoms with Gasteiger partial charge in [-0.25, -0.2) is 0 Å². The van der Waals surface area contributed by atoms with Gasteiger partial charge in [-0.3, -0.25) is 10.1 Å². The van der Waals surface area contributed by atoms with E-state index in [9.17, 15) is 35.6 Å². The quantitative estimate of drug-likeness (QED) is 0.215. The molecule has 3 saturated heterocycles. The fraction of sp³-hybridized carbons (Fsp3) is 0.520. The van der Waals surface area contributed by atoms with Crippen molar-refractivity contribution in [2.45, 2.75) is 67.7 Å². The van der Waals surface area contributed by atoms with Gasteiger partial charge in [-0.2, -0.15) is 0 Å². The maximum Gasteiger partial charge on any atom is 0.269 e. The average Bonchev–Trinajstić information content (AvgIpc) is 2.96. The van der Waals surface area contributed by atoms with Crippen LogP contribution in [0.1, 0.15) is 11.9 Å². The molecule has 3 heterocycles. The zero-order valence-corrected chi connectivity index (χ0v) is 20.4. The Morgan fingerprint density at radius 3 is 2.23 bits per heavy atom. The molecule has 14 nitrogen and oxygen atoms in total. The van der Waals surface area contributed by atoms with Crippen molar-refractivity contribution in [1.29, 1.82) is 0 Å². The molecule has 0 aromatic heterocycles. The van der Waals surface area contributed by atoms with Crippen LogP contribution in [0.2, 0.25) is 0 Å². The number of nitro groups is 1. The molecule has 2 aromatic carbocycles. The number of non-ortho nitro benzene ring substituents is 1. The molecule has 11 atom stereocenters. The Morgan fingerprint density at radius 2 is 1.56 bits per heavy atom.